The highest BCUT2D eigenvalue weighted by Gasteiger charge is 2.29. The maximum atomic E-state index is 12.9. The van der Waals surface area contributed by atoms with Crippen molar-refractivity contribution in [3.05, 3.63) is 45.8 Å². The van der Waals surface area contributed by atoms with E-state index in [9.17, 15) is 14.4 Å². The number of anilines is 2. The molecular formula is C18H19ClN4O3S. The van der Waals surface area contributed by atoms with Crippen LogP contribution >= 0.6 is 23.4 Å². The number of aromatic nitrogens is 2. The van der Waals surface area contributed by atoms with E-state index < -0.39 is 11.5 Å². The van der Waals surface area contributed by atoms with Crippen LogP contribution in [0.2, 0.25) is 5.02 Å². The number of carbonyl (C=O) groups excluding carboxylic acids is 2. The van der Waals surface area contributed by atoms with Crippen molar-refractivity contribution in [3.63, 3.8) is 0 Å². The Morgan fingerprint density at radius 1 is 1.33 bits per heavy atom. The summed E-state index contributed by atoms with van der Waals surface area (Å²) >= 11 is 7.32. The van der Waals surface area contributed by atoms with Gasteiger partial charge in [-0.15, -0.1) is 11.8 Å². The summed E-state index contributed by atoms with van der Waals surface area (Å²) in [5.74, 6) is -0.0634. The molecule has 1 N–H and O–H groups in total. The zero-order valence-corrected chi connectivity index (χ0v) is 16.5. The molecule has 142 valence electrons. The second-order valence-corrected chi connectivity index (χ2v) is 7.96. The van der Waals surface area contributed by atoms with Crippen LogP contribution in [0.3, 0.4) is 0 Å². The number of para-hydroxylation sites is 1. The van der Waals surface area contributed by atoms with E-state index in [1.807, 2.05) is 13.8 Å². The van der Waals surface area contributed by atoms with Crippen molar-refractivity contribution in [1.82, 2.24) is 9.78 Å². The van der Waals surface area contributed by atoms with E-state index in [2.05, 4.69) is 10.4 Å². The van der Waals surface area contributed by atoms with E-state index in [0.29, 0.717) is 27.8 Å². The largest absolute Gasteiger partial charge is 0.323 e. The highest BCUT2D eigenvalue weighted by Crippen LogP contribution is 2.32. The molecule has 0 unspecified atom stereocenters. The van der Waals surface area contributed by atoms with E-state index in [1.54, 1.807) is 24.3 Å². The molecule has 1 aliphatic rings. The molecule has 0 atom stereocenters. The number of rotatable bonds is 5. The minimum absolute atomic E-state index is 0.114. The molecule has 0 fully saturated rings. The lowest BCUT2D eigenvalue weighted by molar-refractivity contribution is -0.117. The molecule has 1 aromatic carbocycles. The molecular weight excluding hydrogens is 388 g/mol. The monoisotopic (exact) mass is 406 g/mol. The third-order valence-electron chi connectivity index (χ3n) is 3.90. The Morgan fingerprint density at radius 3 is 2.78 bits per heavy atom. The molecule has 2 amide bonds. The van der Waals surface area contributed by atoms with Gasteiger partial charge >= 0.3 is 0 Å². The third-order valence-corrected chi connectivity index (χ3v) is 5.23. The van der Waals surface area contributed by atoms with Gasteiger partial charge in [0.05, 0.1) is 27.6 Å². The molecule has 0 spiro atoms. The van der Waals surface area contributed by atoms with E-state index in [1.165, 1.54) is 22.9 Å². The summed E-state index contributed by atoms with van der Waals surface area (Å²) < 4.78 is 1.07. The molecule has 0 aliphatic carbocycles. The molecule has 0 bridgehead atoms. The van der Waals surface area contributed by atoms with Crippen LogP contribution in [-0.2, 0) is 16.1 Å². The Morgan fingerprint density at radius 2 is 2.07 bits per heavy atom. The highest BCUT2D eigenvalue weighted by atomic mass is 35.5. The Balaban J connectivity index is 1.86. The Labute approximate surface area is 165 Å². The van der Waals surface area contributed by atoms with Gasteiger partial charge in [0, 0.05) is 6.54 Å². The maximum absolute atomic E-state index is 12.9. The summed E-state index contributed by atoms with van der Waals surface area (Å²) in [6.07, 6.45) is 1.53. The number of fused-ring (bicyclic) bond motifs is 1. The maximum Gasteiger partial charge on any atom is 0.292 e. The third kappa shape index (κ3) is 4.33. The highest BCUT2D eigenvalue weighted by molar-refractivity contribution is 8.00. The molecule has 0 saturated carbocycles. The van der Waals surface area contributed by atoms with E-state index in [-0.39, 0.29) is 24.1 Å². The molecule has 0 saturated heterocycles. The average Bonchev–Trinajstić information content (AvgIpc) is 2.61. The second-order valence-electron chi connectivity index (χ2n) is 6.54. The van der Waals surface area contributed by atoms with E-state index in [4.69, 9.17) is 11.6 Å². The number of carbonyl (C=O) groups is 2. The average molecular weight is 407 g/mol. The Bertz CT molecular complexity index is 944. The van der Waals surface area contributed by atoms with Gasteiger partial charge in [0.25, 0.3) is 5.56 Å². The fourth-order valence-corrected chi connectivity index (χ4v) is 3.79. The predicted octanol–water partition coefficient (Wildman–Crippen LogP) is 2.63. The van der Waals surface area contributed by atoms with Crippen molar-refractivity contribution in [3.8, 4) is 0 Å². The Kier molecular flexibility index (Phi) is 5.86. The molecule has 2 aromatic rings. The van der Waals surface area contributed by atoms with Crippen LogP contribution in [0.15, 0.2) is 40.2 Å². The van der Waals surface area contributed by atoms with Crippen LogP contribution in [0.1, 0.15) is 13.8 Å². The van der Waals surface area contributed by atoms with E-state index >= 15 is 0 Å². The summed E-state index contributed by atoms with van der Waals surface area (Å²) in [6, 6.07) is 6.83. The summed E-state index contributed by atoms with van der Waals surface area (Å²) in [7, 11) is 0. The van der Waals surface area contributed by atoms with Crippen molar-refractivity contribution in [2.45, 2.75) is 25.3 Å². The lowest BCUT2D eigenvalue weighted by atomic mass is 10.2. The van der Waals surface area contributed by atoms with Gasteiger partial charge in [-0.05, 0) is 18.1 Å². The zero-order chi connectivity index (χ0) is 19.6. The predicted molar refractivity (Wildman–Crippen MR) is 106 cm³/mol. The smallest absolute Gasteiger partial charge is 0.292 e. The van der Waals surface area contributed by atoms with Crippen LogP contribution in [-0.4, -0.2) is 33.9 Å². The molecule has 2 heterocycles. The van der Waals surface area contributed by atoms with Crippen molar-refractivity contribution in [2.75, 3.05) is 22.5 Å². The normalized spacial score (nSPS) is 13.6. The van der Waals surface area contributed by atoms with Crippen molar-refractivity contribution in [2.24, 2.45) is 5.92 Å². The lowest BCUT2D eigenvalue weighted by Crippen LogP contribution is -2.44. The summed E-state index contributed by atoms with van der Waals surface area (Å²) in [5, 5.41) is 7.15. The first kappa shape index (κ1) is 19.4. The lowest BCUT2D eigenvalue weighted by Gasteiger charge is -2.29. The SMILES string of the molecule is CC(C)CN1C(=O)CSc2cnn(CC(=O)Nc3ccccc3Cl)c(=O)c21. The number of hydrogen-bond donors (Lipinski definition) is 1. The molecule has 1 aromatic heterocycles. The number of halogens is 1. The Hall–Kier alpha value is -2.32. The number of benzene rings is 1. The number of nitrogens with zero attached hydrogens (tertiary/aromatic N) is 3. The molecule has 1 aliphatic heterocycles. The van der Waals surface area contributed by atoms with Gasteiger partial charge in [0.1, 0.15) is 12.2 Å². The number of amides is 2. The number of thioether (sulfide) groups is 1. The van der Waals surface area contributed by atoms with Crippen LogP contribution in [0.25, 0.3) is 0 Å². The standard InChI is InChI=1S/C18H19ClN4O3S/c1-11(2)8-22-16(25)10-27-14-7-20-23(18(26)17(14)22)9-15(24)21-13-6-4-3-5-12(13)19/h3-7,11H,8-10H2,1-2H3,(H,21,24). The van der Waals surface area contributed by atoms with Gasteiger partial charge in [-0.25, -0.2) is 4.68 Å². The molecule has 27 heavy (non-hydrogen) atoms. The van der Waals surface area contributed by atoms with Crippen molar-refractivity contribution in [1.29, 1.82) is 0 Å². The quantitative estimate of drug-likeness (QED) is 0.825. The minimum Gasteiger partial charge on any atom is -0.323 e. The summed E-state index contributed by atoms with van der Waals surface area (Å²) in [6.45, 7) is 4.13. The molecule has 0 radical (unpaired) electrons. The van der Waals surface area contributed by atoms with Gasteiger partial charge in [-0.2, -0.15) is 5.10 Å². The van der Waals surface area contributed by atoms with Crippen LogP contribution in [0.4, 0.5) is 11.4 Å². The first-order valence-corrected chi connectivity index (χ1v) is 9.81. The molecule has 9 heteroatoms. The van der Waals surface area contributed by atoms with E-state index in [0.717, 1.165) is 4.68 Å². The first-order valence-electron chi connectivity index (χ1n) is 8.44. The van der Waals surface area contributed by atoms with Gasteiger partial charge in [-0.1, -0.05) is 37.6 Å². The van der Waals surface area contributed by atoms with Crippen molar-refractivity contribution >= 4 is 46.6 Å². The van der Waals surface area contributed by atoms with Gasteiger partial charge in [-0.3, -0.25) is 14.4 Å². The zero-order valence-electron chi connectivity index (χ0n) is 14.9. The second kappa shape index (κ2) is 8.14. The molecule has 7 nitrogen and oxygen atoms in total. The van der Waals surface area contributed by atoms with Crippen LogP contribution in [0, 0.1) is 5.92 Å². The van der Waals surface area contributed by atoms with Gasteiger partial charge < -0.3 is 10.2 Å². The number of nitrogens with one attached hydrogen (secondary N) is 1. The summed E-state index contributed by atoms with van der Waals surface area (Å²) in [4.78, 5) is 39.7. The van der Waals surface area contributed by atoms with Crippen LogP contribution in [0.5, 0.6) is 0 Å². The van der Waals surface area contributed by atoms with Gasteiger partial charge in [0.15, 0.2) is 0 Å². The van der Waals surface area contributed by atoms with Crippen LogP contribution < -0.4 is 15.8 Å². The number of hydrogen-bond acceptors (Lipinski definition) is 5. The topological polar surface area (TPSA) is 84.3 Å². The first-order chi connectivity index (χ1) is 12.9. The minimum atomic E-state index is -0.456. The van der Waals surface area contributed by atoms with Crippen molar-refractivity contribution < 1.29 is 9.59 Å². The van der Waals surface area contributed by atoms with Gasteiger partial charge in [0.2, 0.25) is 11.8 Å². The fourth-order valence-electron chi connectivity index (χ4n) is 2.72. The molecule has 3 rings (SSSR count). The fraction of sp³-hybridized carbons (Fsp3) is 0.333. The summed E-state index contributed by atoms with van der Waals surface area (Å²) in [5.41, 5.74) is 0.302.